The number of carbonyl (C=O) groups is 2. The standard InChI is InChI=1S/C17H17ClFN3O2/c1-10(11-2-5-13(19)6-3-11)22-16(23)9-21-15-8-12(17(20)24)4-7-14(15)18/h2-8,10,21H,9H2,1H3,(H2,20,24)(H,22,23)/t10-/m0/s1. The van der Waals surface area contributed by atoms with Gasteiger partial charge in [-0.1, -0.05) is 23.7 Å². The Bertz CT molecular complexity index is 750. The van der Waals surface area contributed by atoms with Crippen molar-refractivity contribution in [1.29, 1.82) is 0 Å². The molecule has 5 nitrogen and oxygen atoms in total. The summed E-state index contributed by atoms with van der Waals surface area (Å²) >= 11 is 6.02. The van der Waals surface area contributed by atoms with Crippen LogP contribution >= 0.6 is 11.6 Å². The minimum Gasteiger partial charge on any atom is -0.375 e. The molecule has 0 aliphatic rings. The van der Waals surface area contributed by atoms with Gasteiger partial charge in [-0.05, 0) is 42.8 Å². The summed E-state index contributed by atoms with van der Waals surface area (Å²) in [5.41, 5.74) is 6.74. The van der Waals surface area contributed by atoms with Crippen LogP contribution in [0, 0.1) is 5.82 Å². The molecule has 0 aliphatic carbocycles. The van der Waals surface area contributed by atoms with Crippen molar-refractivity contribution in [3.05, 3.63) is 64.4 Å². The molecule has 0 radical (unpaired) electrons. The van der Waals surface area contributed by atoms with E-state index in [1.807, 2.05) is 0 Å². The van der Waals surface area contributed by atoms with Gasteiger partial charge in [0.25, 0.3) is 0 Å². The summed E-state index contributed by atoms with van der Waals surface area (Å²) in [4.78, 5) is 23.2. The lowest BCUT2D eigenvalue weighted by Gasteiger charge is -2.15. The van der Waals surface area contributed by atoms with E-state index >= 15 is 0 Å². The Morgan fingerprint density at radius 3 is 2.50 bits per heavy atom. The molecule has 0 spiro atoms. The van der Waals surface area contributed by atoms with Gasteiger partial charge in [0.1, 0.15) is 5.82 Å². The summed E-state index contributed by atoms with van der Waals surface area (Å²) in [5.74, 6) is -1.18. The molecule has 126 valence electrons. The van der Waals surface area contributed by atoms with Crippen LogP contribution in [0.5, 0.6) is 0 Å². The van der Waals surface area contributed by atoms with Crippen molar-refractivity contribution in [2.45, 2.75) is 13.0 Å². The summed E-state index contributed by atoms with van der Waals surface area (Å²) < 4.78 is 12.9. The molecule has 0 fully saturated rings. The zero-order valence-corrected chi connectivity index (χ0v) is 13.7. The van der Waals surface area contributed by atoms with E-state index in [-0.39, 0.29) is 24.3 Å². The quantitative estimate of drug-likeness (QED) is 0.749. The van der Waals surface area contributed by atoms with Gasteiger partial charge in [0.05, 0.1) is 23.3 Å². The van der Waals surface area contributed by atoms with Gasteiger partial charge in [-0.2, -0.15) is 0 Å². The topological polar surface area (TPSA) is 84.2 Å². The fourth-order valence-electron chi connectivity index (χ4n) is 2.12. The van der Waals surface area contributed by atoms with E-state index < -0.39 is 5.91 Å². The molecule has 4 N–H and O–H groups in total. The number of rotatable bonds is 6. The number of carbonyl (C=O) groups excluding carboxylic acids is 2. The molecule has 0 aromatic heterocycles. The van der Waals surface area contributed by atoms with Gasteiger partial charge in [-0.25, -0.2) is 4.39 Å². The highest BCUT2D eigenvalue weighted by Gasteiger charge is 2.11. The van der Waals surface area contributed by atoms with Gasteiger partial charge in [0, 0.05) is 5.56 Å². The Morgan fingerprint density at radius 1 is 1.21 bits per heavy atom. The van der Waals surface area contributed by atoms with Crippen molar-refractivity contribution >= 4 is 29.1 Å². The molecule has 2 amide bonds. The SMILES string of the molecule is C[C@H](NC(=O)CNc1cc(C(N)=O)ccc1Cl)c1ccc(F)cc1. The molecule has 24 heavy (non-hydrogen) atoms. The van der Waals surface area contributed by atoms with Gasteiger partial charge in [-0.15, -0.1) is 0 Å². The lowest BCUT2D eigenvalue weighted by molar-refractivity contribution is -0.120. The Labute approximate surface area is 144 Å². The molecule has 0 aliphatic heterocycles. The van der Waals surface area contributed by atoms with Crippen LogP contribution in [0.15, 0.2) is 42.5 Å². The van der Waals surface area contributed by atoms with Crippen LogP contribution in [0.3, 0.4) is 0 Å². The molecule has 2 aromatic carbocycles. The molecule has 0 saturated heterocycles. The Kier molecular flexibility index (Phi) is 5.76. The zero-order valence-electron chi connectivity index (χ0n) is 13.0. The lowest BCUT2D eigenvalue weighted by Crippen LogP contribution is -2.32. The molecule has 0 saturated carbocycles. The van der Waals surface area contributed by atoms with E-state index in [2.05, 4.69) is 10.6 Å². The average molecular weight is 350 g/mol. The van der Waals surface area contributed by atoms with Gasteiger partial charge in [-0.3, -0.25) is 9.59 Å². The van der Waals surface area contributed by atoms with Crippen molar-refractivity contribution in [2.24, 2.45) is 5.73 Å². The van der Waals surface area contributed by atoms with E-state index in [0.29, 0.717) is 16.3 Å². The summed E-state index contributed by atoms with van der Waals surface area (Å²) in [6.45, 7) is 1.76. The van der Waals surface area contributed by atoms with Crippen LogP contribution < -0.4 is 16.4 Å². The first kappa shape index (κ1) is 17.7. The van der Waals surface area contributed by atoms with Crippen LogP contribution in [0.25, 0.3) is 0 Å². The molecule has 0 heterocycles. The van der Waals surface area contributed by atoms with Crippen LogP contribution in [0.4, 0.5) is 10.1 Å². The van der Waals surface area contributed by atoms with Crippen molar-refractivity contribution in [2.75, 3.05) is 11.9 Å². The number of nitrogens with one attached hydrogen (secondary N) is 2. The minimum atomic E-state index is -0.580. The number of amides is 2. The van der Waals surface area contributed by atoms with E-state index in [9.17, 15) is 14.0 Å². The molecule has 7 heteroatoms. The normalized spacial score (nSPS) is 11.6. The largest absolute Gasteiger partial charge is 0.375 e. The third kappa shape index (κ3) is 4.70. The summed E-state index contributed by atoms with van der Waals surface area (Å²) in [5, 5.41) is 6.02. The number of hydrogen-bond acceptors (Lipinski definition) is 3. The maximum absolute atomic E-state index is 12.9. The molecule has 2 rings (SSSR count). The number of benzene rings is 2. The van der Waals surface area contributed by atoms with Gasteiger partial charge in [0.2, 0.25) is 11.8 Å². The first-order chi connectivity index (χ1) is 11.4. The number of hydrogen-bond donors (Lipinski definition) is 3. The smallest absolute Gasteiger partial charge is 0.248 e. The molecule has 0 bridgehead atoms. The van der Waals surface area contributed by atoms with Gasteiger partial charge >= 0.3 is 0 Å². The zero-order chi connectivity index (χ0) is 17.7. The Balaban J connectivity index is 1.94. The maximum Gasteiger partial charge on any atom is 0.248 e. The first-order valence-corrected chi connectivity index (χ1v) is 7.62. The Morgan fingerprint density at radius 2 is 1.88 bits per heavy atom. The number of halogens is 2. The summed E-state index contributed by atoms with van der Waals surface area (Å²) in [6.07, 6.45) is 0. The predicted octanol–water partition coefficient (Wildman–Crippen LogP) is 2.87. The van der Waals surface area contributed by atoms with Crippen LogP contribution in [0.1, 0.15) is 28.9 Å². The predicted molar refractivity (Wildman–Crippen MR) is 91.4 cm³/mol. The number of primary amides is 1. The average Bonchev–Trinajstić information content (AvgIpc) is 2.54. The maximum atomic E-state index is 12.9. The summed E-state index contributed by atoms with van der Waals surface area (Å²) in [7, 11) is 0. The highest BCUT2D eigenvalue weighted by Crippen LogP contribution is 2.22. The third-order valence-electron chi connectivity index (χ3n) is 3.44. The second-order valence-electron chi connectivity index (χ2n) is 5.25. The number of nitrogens with two attached hydrogens (primary N) is 1. The van der Waals surface area contributed by atoms with Gasteiger partial charge in [0.15, 0.2) is 0 Å². The molecular weight excluding hydrogens is 333 g/mol. The van der Waals surface area contributed by atoms with E-state index in [1.54, 1.807) is 19.1 Å². The van der Waals surface area contributed by atoms with Crippen LogP contribution in [-0.2, 0) is 4.79 Å². The fraction of sp³-hybridized carbons (Fsp3) is 0.176. The van der Waals surface area contributed by atoms with E-state index in [0.717, 1.165) is 5.56 Å². The van der Waals surface area contributed by atoms with E-state index in [1.165, 1.54) is 30.3 Å². The third-order valence-corrected chi connectivity index (χ3v) is 3.77. The van der Waals surface area contributed by atoms with Crippen molar-refractivity contribution in [3.63, 3.8) is 0 Å². The van der Waals surface area contributed by atoms with Gasteiger partial charge < -0.3 is 16.4 Å². The van der Waals surface area contributed by atoms with Crippen LogP contribution in [0.2, 0.25) is 5.02 Å². The van der Waals surface area contributed by atoms with Crippen molar-refractivity contribution in [3.8, 4) is 0 Å². The van der Waals surface area contributed by atoms with Crippen molar-refractivity contribution in [1.82, 2.24) is 5.32 Å². The second kappa shape index (κ2) is 7.79. The highest BCUT2D eigenvalue weighted by molar-refractivity contribution is 6.33. The molecule has 2 aromatic rings. The van der Waals surface area contributed by atoms with Crippen molar-refractivity contribution < 1.29 is 14.0 Å². The Hall–Kier alpha value is -2.60. The van der Waals surface area contributed by atoms with Crippen LogP contribution in [-0.4, -0.2) is 18.4 Å². The molecule has 0 unspecified atom stereocenters. The summed E-state index contributed by atoms with van der Waals surface area (Å²) in [6, 6.07) is 10.2. The second-order valence-corrected chi connectivity index (χ2v) is 5.66. The minimum absolute atomic E-state index is 0.0343. The molecule has 1 atom stereocenters. The van der Waals surface area contributed by atoms with E-state index in [4.69, 9.17) is 17.3 Å². The number of anilines is 1. The molecular formula is C17H17ClFN3O2. The fourth-order valence-corrected chi connectivity index (χ4v) is 2.30. The first-order valence-electron chi connectivity index (χ1n) is 7.25. The monoisotopic (exact) mass is 349 g/mol. The highest BCUT2D eigenvalue weighted by atomic mass is 35.5. The lowest BCUT2D eigenvalue weighted by atomic mass is 10.1.